The van der Waals surface area contributed by atoms with E-state index in [9.17, 15) is 9.59 Å². The molecule has 138 valence electrons. The van der Waals surface area contributed by atoms with Gasteiger partial charge in [-0.3, -0.25) is 9.59 Å². The molecule has 2 aromatic rings. The van der Waals surface area contributed by atoms with Crippen molar-refractivity contribution >= 4 is 23.2 Å². The maximum absolute atomic E-state index is 12.5. The highest BCUT2D eigenvalue weighted by molar-refractivity contribution is 7.13. The van der Waals surface area contributed by atoms with Crippen LogP contribution in [0.15, 0.2) is 36.5 Å². The summed E-state index contributed by atoms with van der Waals surface area (Å²) < 4.78 is 0. The summed E-state index contributed by atoms with van der Waals surface area (Å²) in [4.78, 5) is 31.8. The summed E-state index contributed by atoms with van der Waals surface area (Å²) in [6.45, 7) is 7.59. The number of benzene rings is 1. The topological polar surface area (TPSA) is 62.3 Å². The molecule has 1 aliphatic rings. The summed E-state index contributed by atoms with van der Waals surface area (Å²) in [5.41, 5.74) is 0.668. The molecule has 2 heterocycles. The molecule has 5 nitrogen and oxygen atoms in total. The first kappa shape index (κ1) is 18.6. The summed E-state index contributed by atoms with van der Waals surface area (Å²) in [6, 6.07) is 9.44. The summed E-state index contributed by atoms with van der Waals surface area (Å²) in [5, 5.41) is 4.06. The molecular formula is C20H25N3O2S. The Morgan fingerprint density at radius 2 is 1.81 bits per heavy atom. The number of aromatic nitrogens is 1. The van der Waals surface area contributed by atoms with Crippen molar-refractivity contribution in [3.63, 3.8) is 0 Å². The van der Waals surface area contributed by atoms with Crippen molar-refractivity contribution in [1.29, 1.82) is 0 Å². The van der Waals surface area contributed by atoms with E-state index in [1.165, 1.54) is 11.3 Å². The second kappa shape index (κ2) is 7.58. The first-order valence-corrected chi connectivity index (χ1v) is 9.78. The van der Waals surface area contributed by atoms with Crippen molar-refractivity contribution in [1.82, 2.24) is 15.2 Å². The Bertz CT molecular complexity index is 772. The van der Waals surface area contributed by atoms with Crippen LogP contribution in [0.3, 0.4) is 0 Å². The highest BCUT2D eigenvalue weighted by Crippen LogP contribution is 2.27. The normalized spacial score (nSPS) is 15.7. The van der Waals surface area contributed by atoms with Gasteiger partial charge in [-0.05, 0) is 25.0 Å². The van der Waals surface area contributed by atoms with Crippen LogP contribution in [0.2, 0.25) is 0 Å². The molecule has 1 aromatic heterocycles. The zero-order valence-electron chi connectivity index (χ0n) is 15.5. The molecule has 1 saturated heterocycles. The summed E-state index contributed by atoms with van der Waals surface area (Å²) in [5.74, 6) is -0.00140. The van der Waals surface area contributed by atoms with Gasteiger partial charge in [0, 0.05) is 30.1 Å². The lowest BCUT2D eigenvalue weighted by atomic mass is 9.98. The number of nitrogens with one attached hydrogen (secondary N) is 1. The van der Waals surface area contributed by atoms with E-state index in [1.54, 1.807) is 6.20 Å². The number of thiazole rings is 1. The SMILES string of the molecule is CC(C)(C)c1ncc(C(=O)NC2CCN(C(=O)c3ccccc3)CC2)s1. The number of hydrogen-bond acceptors (Lipinski definition) is 4. The fraction of sp³-hybridized carbons (Fsp3) is 0.450. The van der Waals surface area contributed by atoms with E-state index >= 15 is 0 Å². The van der Waals surface area contributed by atoms with Crippen molar-refractivity contribution in [2.45, 2.75) is 45.1 Å². The van der Waals surface area contributed by atoms with Crippen LogP contribution in [0, 0.1) is 0 Å². The zero-order valence-corrected chi connectivity index (χ0v) is 16.3. The second-order valence-electron chi connectivity index (χ2n) is 7.69. The van der Waals surface area contributed by atoms with E-state index in [4.69, 9.17) is 0 Å². The highest BCUT2D eigenvalue weighted by Gasteiger charge is 2.26. The molecule has 2 amide bonds. The number of nitrogens with zero attached hydrogens (tertiary/aromatic N) is 2. The van der Waals surface area contributed by atoms with Crippen LogP contribution >= 0.6 is 11.3 Å². The molecular weight excluding hydrogens is 346 g/mol. The van der Waals surface area contributed by atoms with Crippen molar-refractivity contribution in [3.05, 3.63) is 52.0 Å². The van der Waals surface area contributed by atoms with Crippen LogP contribution in [0.25, 0.3) is 0 Å². The first-order valence-electron chi connectivity index (χ1n) is 8.96. The third-order valence-corrected chi connectivity index (χ3v) is 5.93. The minimum Gasteiger partial charge on any atom is -0.348 e. The van der Waals surface area contributed by atoms with Crippen LogP contribution in [0.4, 0.5) is 0 Å². The molecule has 0 saturated carbocycles. The van der Waals surface area contributed by atoms with Gasteiger partial charge in [0.2, 0.25) is 0 Å². The van der Waals surface area contributed by atoms with Crippen LogP contribution in [0.5, 0.6) is 0 Å². The summed E-state index contributed by atoms with van der Waals surface area (Å²) in [7, 11) is 0. The number of hydrogen-bond donors (Lipinski definition) is 1. The highest BCUT2D eigenvalue weighted by atomic mass is 32.1. The predicted molar refractivity (Wildman–Crippen MR) is 104 cm³/mol. The lowest BCUT2D eigenvalue weighted by Crippen LogP contribution is -2.46. The van der Waals surface area contributed by atoms with E-state index in [1.807, 2.05) is 35.2 Å². The second-order valence-corrected chi connectivity index (χ2v) is 8.72. The molecule has 0 spiro atoms. The molecule has 26 heavy (non-hydrogen) atoms. The van der Waals surface area contributed by atoms with Gasteiger partial charge in [0.05, 0.1) is 11.2 Å². The van der Waals surface area contributed by atoms with Crippen molar-refractivity contribution in [3.8, 4) is 0 Å². The lowest BCUT2D eigenvalue weighted by Gasteiger charge is -2.32. The lowest BCUT2D eigenvalue weighted by molar-refractivity contribution is 0.0698. The number of carbonyl (C=O) groups excluding carboxylic acids is 2. The van der Waals surface area contributed by atoms with Crippen molar-refractivity contribution in [2.24, 2.45) is 0 Å². The molecule has 0 atom stereocenters. The number of amides is 2. The molecule has 1 aliphatic heterocycles. The Kier molecular flexibility index (Phi) is 5.41. The van der Waals surface area contributed by atoms with Gasteiger partial charge >= 0.3 is 0 Å². The quantitative estimate of drug-likeness (QED) is 0.898. The Balaban J connectivity index is 1.53. The van der Waals surface area contributed by atoms with E-state index in [0.717, 1.165) is 17.8 Å². The van der Waals surface area contributed by atoms with Gasteiger partial charge in [-0.2, -0.15) is 0 Å². The van der Waals surface area contributed by atoms with E-state index in [-0.39, 0.29) is 23.3 Å². The molecule has 1 N–H and O–H groups in total. The van der Waals surface area contributed by atoms with Gasteiger partial charge in [-0.1, -0.05) is 39.0 Å². The minimum absolute atomic E-state index is 0.0493. The van der Waals surface area contributed by atoms with Gasteiger partial charge in [-0.15, -0.1) is 11.3 Å². The molecule has 6 heteroatoms. The number of piperidine rings is 1. The van der Waals surface area contributed by atoms with E-state index in [2.05, 4.69) is 31.1 Å². The standard InChI is InChI=1S/C20H25N3O2S/c1-20(2,3)19-21-13-16(26-19)17(24)22-15-9-11-23(12-10-15)18(25)14-7-5-4-6-8-14/h4-8,13,15H,9-12H2,1-3H3,(H,22,24). The third-order valence-electron chi connectivity index (χ3n) is 4.51. The Labute approximate surface area is 158 Å². The van der Waals surface area contributed by atoms with Crippen LogP contribution in [-0.4, -0.2) is 40.8 Å². The summed E-state index contributed by atoms with van der Waals surface area (Å²) in [6.07, 6.45) is 3.21. The van der Waals surface area contributed by atoms with Gasteiger partial charge in [-0.25, -0.2) is 4.98 Å². The Morgan fingerprint density at radius 3 is 2.38 bits per heavy atom. The van der Waals surface area contributed by atoms with Crippen LogP contribution < -0.4 is 5.32 Å². The number of rotatable bonds is 3. The fourth-order valence-corrected chi connectivity index (χ4v) is 3.85. The molecule has 0 bridgehead atoms. The van der Waals surface area contributed by atoms with Gasteiger partial charge in [0.1, 0.15) is 4.88 Å². The molecule has 1 fully saturated rings. The number of likely N-dealkylation sites (tertiary alicyclic amines) is 1. The third kappa shape index (κ3) is 4.30. The van der Waals surface area contributed by atoms with Gasteiger partial charge in [0.15, 0.2) is 0 Å². The van der Waals surface area contributed by atoms with Crippen molar-refractivity contribution in [2.75, 3.05) is 13.1 Å². The first-order chi connectivity index (χ1) is 12.3. The number of carbonyl (C=O) groups is 2. The average molecular weight is 372 g/mol. The van der Waals surface area contributed by atoms with Crippen LogP contribution in [-0.2, 0) is 5.41 Å². The zero-order chi connectivity index (χ0) is 18.7. The smallest absolute Gasteiger partial charge is 0.263 e. The minimum atomic E-state index is -0.0640. The van der Waals surface area contributed by atoms with E-state index < -0.39 is 0 Å². The largest absolute Gasteiger partial charge is 0.348 e. The Hall–Kier alpha value is -2.21. The Morgan fingerprint density at radius 1 is 1.15 bits per heavy atom. The van der Waals surface area contributed by atoms with Crippen LogP contribution in [0.1, 0.15) is 58.7 Å². The molecule has 0 aliphatic carbocycles. The average Bonchev–Trinajstić information content (AvgIpc) is 3.13. The fourth-order valence-electron chi connectivity index (χ4n) is 2.97. The monoisotopic (exact) mass is 371 g/mol. The molecule has 1 aromatic carbocycles. The van der Waals surface area contributed by atoms with Crippen molar-refractivity contribution < 1.29 is 9.59 Å². The van der Waals surface area contributed by atoms with Gasteiger partial charge in [0.25, 0.3) is 11.8 Å². The predicted octanol–water partition coefficient (Wildman–Crippen LogP) is 3.48. The maximum atomic E-state index is 12.5. The molecule has 0 radical (unpaired) electrons. The van der Waals surface area contributed by atoms with E-state index in [0.29, 0.717) is 23.5 Å². The maximum Gasteiger partial charge on any atom is 0.263 e. The molecule has 0 unspecified atom stereocenters. The summed E-state index contributed by atoms with van der Waals surface area (Å²) >= 11 is 1.45. The van der Waals surface area contributed by atoms with Gasteiger partial charge < -0.3 is 10.2 Å². The molecule has 3 rings (SSSR count).